The van der Waals surface area contributed by atoms with Crippen LogP contribution in [-0.4, -0.2) is 15.8 Å². The van der Waals surface area contributed by atoms with E-state index in [1.165, 1.54) is 10.9 Å². The van der Waals surface area contributed by atoms with Crippen LogP contribution in [0.4, 0.5) is 0 Å². The smallest absolute Gasteiger partial charge is 0.0955 e. The minimum atomic E-state index is 0.176. The highest BCUT2D eigenvalue weighted by Gasteiger charge is 2.08. The van der Waals surface area contributed by atoms with E-state index in [0.29, 0.717) is 6.04 Å². The van der Waals surface area contributed by atoms with Gasteiger partial charge in [-0.2, -0.15) is 5.10 Å². The lowest BCUT2D eigenvalue weighted by Crippen LogP contribution is -2.17. The Labute approximate surface area is 96.2 Å². The van der Waals surface area contributed by atoms with Crippen molar-refractivity contribution in [2.75, 3.05) is 0 Å². The highest BCUT2D eigenvalue weighted by Crippen LogP contribution is 2.20. The number of nitrogens with two attached hydrogens (primary N) is 1. The Morgan fingerprint density at radius 2 is 2.06 bits per heavy atom. The van der Waals surface area contributed by atoms with Crippen LogP contribution < -0.4 is 5.73 Å². The second kappa shape index (κ2) is 4.26. The van der Waals surface area contributed by atoms with Gasteiger partial charge >= 0.3 is 0 Å². The SMILES string of the molecule is CC(N)Cc1cccc2cn(C(C)C)nc12. The van der Waals surface area contributed by atoms with Gasteiger partial charge in [-0.05, 0) is 32.8 Å². The van der Waals surface area contributed by atoms with E-state index < -0.39 is 0 Å². The standard InChI is InChI=1S/C13H19N3/c1-9(2)16-8-12-6-4-5-11(7-10(3)14)13(12)15-16/h4-6,8-10H,7,14H2,1-3H3. The summed E-state index contributed by atoms with van der Waals surface area (Å²) in [6.07, 6.45) is 2.98. The van der Waals surface area contributed by atoms with Crippen LogP contribution in [0.1, 0.15) is 32.4 Å². The fourth-order valence-electron chi connectivity index (χ4n) is 1.90. The maximum absolute atomic E-state index is 5.85. The number of hydrogen-bond donors (Lipinski definition) is 1. The number of rotatable bonds is 3. The van der Waals surface area contributed by atoms with Crippen LogP contribution in [0.15, 0.2) is 24.4 Å². The molecule has 3 heteroatoms. The van der Waals surface area contributed by atoms with Crippen LogP contribution in [0.3, 0.4) is 0 Å². The average Bonchev–Trinajstić information content (AvgIpc) is 2.61. The normalized spacial score (nSPS) is 13.6. The maximum atomic E-state index is 5.85. The fourth-order valence-corrected chi connectivity index (χ4v) is 1.90. The monoisotopic (exact) mass is 217 g/mol. The summed E-state index contributed by atoms with van der Waals surface area (Å²) in [5.74, 6) is 0. The Kier molecular flexibility index (Phi) is 2.97. The minimum Gasteiger partial charge on any atom is -0.328 e. The molecule has 1 heterocycles. The summed E-state index contributed by atoms with van der Waals surface area (Å²) in [7, 11) is 0. The number of hydrogen-bond acceptors (Lipinski definition) is 2. The van der Waals surface area contributed by atoms with Crippen molar-refractivity contribution in [3.8, 4) is 0 Å². The molecule has 1 aromatic heterocycles. The zero-order chi connectivity index (χ0) is 11.7. The molecule has 1 unspecified atom stereocenters. The molecule has 0 amide bonds. The average molecular weight is 217 g/mol. The Balaban J connectivity index is 2.50. The molecule has 2 N–H and O–H groups in total. The first-order valence-electron chi connectivity index (χ1n) is 5.80. The van der Waals surface area contributed by atoms with Crippen molar-refractivity contribution in [3.63, 3.8) is 0 Å². The molecule has 0 aliphatic rings. The second-order valence-electron chi connectivity index (χ2n) is 4.74. The lowest BCUT2D eigenvalue weighted by Gasteiger charge is -2.05. The van der Waals surface area contributed by atoms with Crippen molar-refractivity contribution >= 4 is 10.9 Å². The van der Waals surface area contributed by atoms with Crippen LogP contribution in [0.25, 0.3) is 10.9 Å². The molecule has 0 saturated carbocycles. The van der Waals surface area contributed by atoms with Gasteiger partial charge in [-0.25, -0.2) is 0 Å². The summed E-state index contributed by atoms with van der Waals surface area (Å²) in [4.78, 5) is 0. The topological polar surface area (TPSA) is 43.8 Å². The molecule has 0 aliphatic carbocycles. The van der Waals surface area contributed by atoms with Crippen LogP contribution >= 0.6 is 0 Å². The highest BCUT2D eigenvalue weighted by molar-refractivity contribution is 5.81. The molecule has 16 heavy (non-hydrogen) atoms. The van der Waals surface area contributed by atoms with E-state index >= 15 is 0 Å². The van der Waals surface area contributed by atoms with E-state index in [4.69, 9.17) is 5.73 Å². The van der Waals surface area contributed by atoms with Gasteiger partial charge in [0.05, 0.1) is 5.52 Å². The van der Waals surface area contributed by atoms with Gasteiger partial charge in [0.2, 0.25) is 0 Å². The van der Waals surface area contributed by atoms with Gasteiger partial charge in [0.1, 0.15) is 0 Å². The predicted octanol–water partition coefficient (Wildman–Crippen LogP) is 2.51. The van der Waals surface area contributed by atoms with E-state index in [1.807, 2.05) is 11.6 Å². The quantitative estimate of drug-likeness (QED) is 0.858. The van der Waals surface area contributed by atoms with E-state index in [2.05, 4.69) is 43.3 Å². The maximum Gasteiger partial charge on any atom is 0.0955 e. The number of nitrogens with zero attached hydrogens (tertiary/aromatic N) is 2. The third-order valence-corrected chi connectivity index (χ3v) is 2.71. The van der Waals surface area contributed by atoms with Crippen molar-refractivity contribution in [1.82, 2.24) is 9.78 Å². The summed E-state index contributed by atoms with van der Waals surface area (Å²) >= 11 is 0. The predicted molar refractivity (Wildman–Crippen MR) is 67.5 cm³/mol. The van der Waals surface area contributed by atoms with Crippen LogP contribution in [-0.2, 0) is 6.42 Å². The Hall–Kier alpha value is -1.35. The molecule has 1 aromatic carbocycles. The summed E-state index contributed by atoms with van der Waals surface area (Å²) < 4.78 is 2.01. The van der Waals surface area contributed by atoms with Crippen molar-refractivity contribution in [3.05, 3.63) is 30.0 Å². The molecule has 0 saturated heterocycles. The van der Waals surface area contributed by atoms with Gasteiger partial charge < -0.3 is 5.73 Å². The van der Waals surface area contributed by atoms with Crippen molar-refractivity contribution in [2.45, 2.75) is 39.3 Å². The van der Waals surface area contributed by atoms with Gasteiger partial charge in [0.25, 0.3) is 0 Å². The third kappa shape index (κ3) is 2.09. The summed E-state index contributed by atoms with van der Waals surface area (Å²) in [5, 5.41) is 5.83. The largest absolute Gasteiger partial charge is 0.328 e. The Morgan fingerprint density at radius 3 is 2.69 bits per heavy atom. The fraction of sp³-hybridized carbons (Fsp3) is 0.462. The van der Waals surface area contributed by atoms with Crippen molar-refractivity contribution in [2.24, 2.45) is 5.73 Å². The van der Waals surface area contributed by atoms with Gasteiger partial charge in [-0.1, -0.05) is 18.2 Å². The van der Waals surface area contributed by atoms with E-state index in [-0.39, 0.29) is 6.04 Å². The van der Waals surface area contributed by atoms with Crippen molar-refractivity contribution in [1.29, 1.82) is 0 Å². The zero-order valence-electron chi connectivity index (χ0n) is 10.1. The Morgan fingerprint density at radius 1 is 1.31 bits per heavy atom. The lowest BCUT2D eigenvalue weighted by molar-refractivity contribution is 0.537. The first-order chi connectivity index (χ1) is 7.58. The molecular formula is C13H19N3. The second-order valence-corrected chi connectivity index (χ2v) is 4.74. The van der Waals surface area contributed by atoms with E-state index in [9.17, 15) is 0 Å². The van der Waals surface area contributed by atoms with Crippen LogP contribution in [0.5, 0.6) is 0 Å². The third-order valence-electron chi connectivity index (χ3n) is 2.71. The van der Waals surface area contributed by atoms with Gasteiger partial charge in [-0.15, -0.1) is 0 Å². The van der Waals surface area contributed by atoms with E-state index in [0.717, 1.165) is 11.9 Å². The molecule has 3 nitrogen and oxygen atoms in total. The lowest BCUT2D eigenvalue weighted by atomic mass is 10.1. The molecule has 1 atom stereocenters. The summed E-state index contributed by atoms with van der Waals surface area (Å²) in [6.45, 7) is 6.30. The zero-order valence-corrected chi connectivity index (χ0v) is 10.1. The highest BCUT2D eigenvalue weighted by atomic mass is 15.3. The number of fused-ring (bicyclic) bond motifs is 1. The molecule has 0 bridgehead atoms. The molecule has 2 aromatic rings. The summed E-state index contributed by atoms with van der Waals surface area (Å²) in [5.41, 5.74) is 8.18. The Bertz CT molecular complexity index is 483. The number of benzene rings is 1. The molecular weight excluding hydrogens is 198 g/mol. The first-order valence-corrected chi connectivity index (χ1v) is 5.80. The summed E-state index contributed by atoms with van der Waals surface area (Å²) in [6, 6.07) is 6.87. The molecule has 86 valence electrons. The van der Waals surface area contributed by atoms with Crippen molar-refractivity contribution < 1.29 is 0 Å². The minimum absolute atomic E-state index is 0.176. The van der Waals surface area contributed by atoms with Gasteiger partial charge in [-0.3, -0.25) is 4.68 Å². The van der Waals surface area contributed by atoms with E-state index in [1.54, 1.807) is 0 Å². The van der Waals surface area contributed by atoms with Crippen LogP contribution in [0.2, 0.25) is 0 Å². The molecule has 2 rings (SSSR count). The van der Waals surface area contributed by atoms with Gasteiger partial charge in [0.15, 0.2) is 0 Å². The molecule has 0 aliphatic heterocycles. The van der Waals surface area contributed by atoms with Gasteiger partial charge in [0, 0.05) is 23.7 Å². The molecule has 0 radical (unpaired) electrons. The van der Waals surface area contributed by atoms with Crippen LogP contribution in [0, 0.1) is 0 Å². The molecule has 0 spiro atoms. The first kappa shape index (κ1) is 11.1. The number of aromatic nitrogens is 2. The molecule has 0 fully saturated rings.